The van der Waals surface area contributed by atoms with Crippen LogP contribution in [0.15, 0.2) is 24.5 Å². The zero-order chi connectivity index (χ0) is 10.8. The van der Waals surface area contributed by atoms with Crippen LogP contribution in [0, 0.1) is 25.2 Å². The molecular weight excluding hydrogens is 188 g/mol. The van der Waals surface area contributed by atoms with Gasteiger partial charge in [-0.1, -0.05) is 0 Å². The number of nitrogens with zero attached hydrogens (tertiary/aromatic N) is 4. The van der Waals surface area contributed by atoms with Crippen LogP contribution in [0.25, 0.3) is 5.82 Å². The van der Waals surface area contributed by atoms with Gasteiger partial charge in [-0.05, 0) is 26.0 Å². The molecule has 4 heteroatoms. The van der Waals surface area contributed by atoms with Crippen molar-refractivity contribution >= 4 is 0 Å². The summed E-state index contributed by atoms with van der Waals surface area (Å²) in [6.45, 7) is 3.76. The van der Waals surface area contributed by atoms with E-state index in [9.17, 15) is 0 Å². The molecule has 2 heterocycles. The minimum Gasteiger partial charge on any atom is -0.291 e. The molecule has 15 heavy (non-hydrogen) atoms. The van der Waals surface area contributed by atoms with E-state index < -0.39 is 0 Å². The average Bonchev–Trinajstić information content (AvgIpc) is 2.69. The molecule has 0 aliphatic rings. The Labute approximate surface area is 87.8 Å². The average molecular weight is 198 g/mol. The second-order valence-corrected chi connectivity index (χ2v) is 3.30. The van der Waals surface area contributed by atoms with Crippen LogP contribution in [0.1, 0.15) is 17.1 Å². The quantitative estimate of drug-likeness (QED) is 0.701. The van der Waals surface area contributed by atoms with Crippen LogP contribution >= 0.6 is 0 Å². The predicted molar refractivity (Wildman–Crippen MR) is 55.5 cm³/mol. The Balaban J connectivity index is 2.64. The fraction of sp³-hybridized carbons (Fsp3) is 0.182. The molecule has 0 unspecified atom stereocenters. The summed E-state index contributed by atoms with van der Waals surface area (Å²) in [7, 11) is 0. The van der Waals surface area contributed by atoms with Gasteiger partial charge in [-0.25, -0.2) is 4.98 Å². The summed E-state index contributed by atoms with van der Waals surface area (Å²) in [5.74, 6) is 0.719. The number of hydrogen-bond donors (Lipinski definition) is 0. The van der Waals surface area contributed by atoms with E-state index in [1.54, 1.807) is 16.8 Å². The number of nitriles is 1. The van der Waals surface area contributed by atoms with Crippen molar-refractivity contribution in [1.29, 1.82) is 5.26 Å². The minimum absolute atomic E-state index is 0.568. The summed E-state index contributed by atoms with van der Waals surface area (Å²) in [6.07, 6.45) is 3.53. The molecule has 0 amide bonds. The van der Waals surface area contributed by atoms with Gasteiger partial charge in [-0.2, -0.15) is 5.26 Å². The first-order valence-corrected chi connectivity index (χ1v) is 4.60. The third-order valence-electron chi connectivity index (χ3n) is 2.14. The highest BCUT2D eigenvalue weighted by Crippen LogP contribution is 2.12. The highest BCUT2D eigenvalue weighted by atomic mass is 15.1. The molecule has 0 bridgehead atoms. The number of rotatable bonds is 1. The molecule has 0 aliphatic heterocycles. The number of hydrogen-bond acceptors (Lipinski definition) is 3. The first-order chi connectivity index (χ1) is 7.22. The molecular formula is C11H10N4. The molecule has 2 rings (SSSR count). The van der Waals surface area contributed by atoms with Gasteiger partial charge in [0.1, 0.15) is 11.8 Å². The predicted octanol–water partition coefficient (Wildman–Crippen LogP) is 1.76. The van der Waals surface area contributed by atoms with Crippen molar-refractivity contribution in [1.82, 2.24) is 14.5 Å². The normalized spacial score (nSPS) is 9.93. The molecule has 0 radical (unpaired) electrons. The van der Waals surface area contributed by atoms with Crippen molar-refractivity contribution in [3.8, 4) is 11.9 Å². The first kappa shape index (κ1) is 9.41. The maximum Gasteiger partial charge on any atom is 0.159 e. The van der Waals surface area contributed by atoms with Crippen LogP contribution in [-0.2, 0) is 0 Å². The summed E-state index contributed by atoms with van der Waals surface area (Å²) in [4.78, 5) is 8.59. The van der Waals surface area contributed by atoms with Crippen molar-refractivity contribution in [3.05, 3.63) is 41.6 Å². The maximum absolute atomic E-state index is 8.91. The van der Waals surface area contributed by atoms with Crippen molar-refractivity contribution in [2.45, 2.75) is 13.8 Å². The Morgan fingerprint density at radius 2 is 2.20 bits per heavy atom. The van der Waals surface area contributed by atoms with E-state index in [1.807, 2.05) is 26.1 Å². The number of aryl methyl sites for hydroxylation is 2. The molecule has 0 aliphatic carbocycles. The molecule has 2 aromatic rings. The van der Waals surface area contributed by atoms with Crippen molar-refractivity contribution < 1.29 is 0 Å². The van der Waals surface area contributed by atoms with Gasteiger partial charge < -0.3 is 0 Å². The topological polar surface area (TPSA) is 54.5 Å². The Kier molecular flexibility index (Phi) is 2.22. The summed E-state index contributed by atoms with van der Waals surface area (Å²) in [5, 5.41) is 8.91. The van der Waals surface area contributed by atoms with Crippen LogP contribution < -0.4 is 0 Å². The van der Waals surface area contributed by atoms with Crippen LogP contribution in [-0.4, -0.2) is 14.5 Å². The molecule has 0 fully saturated rings. The van der Waals surface area contributed by atoms with Gasteiger partial charge in [-0.15, -0.1) is 0 Å². The number of aromatic nitrogens is 3. The highest BCUT2D eigenvalue weighted by Gasteiger charge is 2.07. The zero-order valence-corrected chi connectivity index (χ0v) is 8.60. The van der Waals surface area contributed by atoms with Gasteiger partial charge in [0.2, 0.25) is 0 Å². The van der Waals surface area contributed by atoms with Crippen LogP contribution in [0.5, 0.6) is 0 Å². The lowest BCUT2D eigenvalue weighted by atomic mass is 10.4. The lowest BCUT2D eigenvalue weighted by molar-refractivity contribution is 0.918. The lowest BCUT2D eigenvalue weighted by Crippen LogP contribution is -2.04. The van der Waals surface area contributed by atoms with Gasteiger partial charge in [0.05, 0.1) is 11.4 Å². The summed E-state index contributed by atoms with van der Waals surface area (Å²) < 4.78 is 1.75. The summed E-state index contributed by atoms with van der Waals surface area (Å²) in [5.41, 5.74) is 2.22. The summed E-state index contributed by atoms with van der Waals surface area (Å²) >= 11 is 0. The Morgan fingerprint density at radius 1 is 1.40 bits per heavy atom. The Bertz CT molecular complexity index is 534. The second-order valence-electron chi connectivity index (χ2n) is 3.30. The minimum atomic E-state index is 0.568. The zero-order valence-electron chi connectivity index (χ0n) is 8.60. The first-order valence-electron chi connectivity index (χ1n) is 4.60. The molecule has 74 valence electrons. The SMILES string of the molecule is Cc1cnc(C)c(-n2cccc2C#N)n1. The molecule has 2 aromatic heterocycles. The van der Waals surface area contributed by atoms with Crippen LogP contribution in [0.2, 0.25) is 0 Å². The van der Waals surface area contributed by atoms with Crippen LogP contribution in [0.3, 0.4) is 0 Å². The van der Waals surface area contributed by atoms with Crippen LogP contribution in [0.4, 0.5) is 0 Å². The van der Waals surface area contributed by atoms with Gasteiger partial charge in [-0.3, -0.25) is 9.55 Å². The molecule has 4 nitrogen and oxygen atoms in total. The monoisotopic (exact) mass is 198 g/mol. The van der Waals surface area contributed by atoms with Crippen molar-refractivity contribution in [2.75, 3.05) is 0 Å². The second kappa shape index (κ2) is 3.54. The van der Waals surface area contributed by atoms with E-state index in [1.165, 1.54) is 0 Å². The van der Waals surface area contributed by atoms with E-state index in [4.69, 9.17) is 5.26 Å². The van der Waals surface area contributed by atoms with Gasteiger partial charge in [0, 0.05) is 12.4 Å². The maximum atomic E-state index is 8.91. The van der Waals surface area contributed by atoms with Gasteiger partial charge >= 0.3 is 0 Å². The molecule has 0 aromatic carbocycles. The fourth-order valence-electron chi connectivity index (χ4n) is 1.41. The van der Waals surface area contributed by atoms with E-state index >= 15 is 0 Å². The molecule has 0 atom stereocenters. The standard InChI is InChI=1S/C11H10N4/c1-8-7-13-9(2)11(14-8)15-5-3-4-10(15)6-12/h3-5,7H,1-2H3. The lowest BCUT2D eigenvalue weighted by Gasteiger charge is -2.07. The smallest absolute Gasteiger partial charge is 0.159 e. The molecule has 0 saturated heterocycles. The third-order valence-corrected chi connectivity index (χ3v) is 2.14. The van der Waals surface area contributed by atoms with Crippen molar-refractivity contribution in [3.63, 3.8) is 0 Å². The third kappa shape index (κ3) is 1.59. The van der Waals surface area contributed by atoms with Gasteiger partial charge in [0.15, 0.2) is 5.82 Å². The van der Waals surface area contributed by atoms with E-state index in [2.05, 4.69) is 16.0 Å². The van der Waals surface area contributed by atoms with Crippen molar-refractivity contribution in [2.24, 2.45) is 0 Å². The van der Waals surface area contributed by atoms with E-state index in [0.717, 1.165) is 17.2 Å². The Hall–Kier alpha value is -2.15. The van der Waals surface area contributed by atoms with E-state index in [0.29, 0.717) is 5.69 Å². The highest BCUT2D eigenvalue weighted by molar-refractivity contribution is 5.36. The molecule has 0 saturated carbocycles. The Morgan fingerprint density at radius 3 is 2.93 bits per heavy atom. The molecule has 0 spiro atoms. The van der Waals surface area contributed by atoms with E-state index in [-0.39, 0.29) is 0 Å². The fourth-order valence-corrected chi connectivity index (χ4v) is 1.41. The van der Waals surface area contributed by atoms with Gasteiger partial charge in [0.25, 0.3) is 0 Å². The largest absolute Gasteiger partial charge is 0.291 e. The summed E-state index contributed by atoms with van der Waals surface area (Å²) in [6, 6.07) is 5.69. The molecule has 0 N–H and O–H groups in total.